The van der Waals surface area contributed by atoms with Gasteiger partial charge in [-0.1, -0.05) is 11.4 Å². The molecule has 1 aliphatic heterocycles. The molecule has 0 bridgehead atoms. The molecule has 0 radical (unpaired) electrons. The number of carbonyl (C=O) groups is 1. The summed E-state index contributed by atoms with van der Waals surface area (Å²) in [6, 6.07) is 0.426. The average Bonchev–Trinajstić information content (AvgIpc) is 2.96. The van der Waals surface area contributed by atoms with Gasteiger partial charge in [0, 0.05) is 19.1 Å². The summed E-state index contributed by atoms with van der Waals surface area (Å²) < 4.78 is 3.85. The molecule has 1 amide bonds. The molecule has 0 saturated carbocycles. The molecule has 1 fully saturated rings. The molecule has 1 aromatic heterocycles. The molecule has 1 atom stereocenters. The van der Waals surface area contributed by atoms with Crippen LogP contribution in [0.1, 0.15) is 28.7 Å². The van der Waals surface area contributed by atoms with Crippen molar-refractivity contribution in [2.24, 2.45) is 0 Å². The van der Waals surface area contributed by atoms with Gasteiger partial charge in [0.1, 0.15) is 4.88 Å². The lowest BCUT2D eigenvalue weighted by Gasteiger charge is -2.15. The molecular formula is C10H16N4OS. The van der Waals surface area contributed by atoms with Crippen molar-refractivity contribution in [2.45, 2.75) is 25.8 Å². The molecule has 1 saturated heterocycles. The summed E-state index contributed by atoms with van der Waals surface area (Å²) >= 11 is 1.21. The summed E-state index contributed by atoms with van der Waals surface area (Å²) in [5.74, 6) is 0.0876. The fourth-order valence-electron chi connectivity index (χ4n) is 1.93. The Morgan fingerprint density at radius 3 is 3.12 bits per heavy atom. The van der Waals surface area contributed by atoms with E-state index in [9.17, 15) is 4.79 Å². The molecule has 2 heterocycles. The highest BCUT2D eigenvalue weighted by molar-refractivity contribution is 7.08. The number of nitrogens with one attached hydrogen (secondary N) is 1. The molecule has 0 aromatic carbocycles. The summed E-state index contributed by atoms with van der Waals surface area (Å²) in [5.41, 5.74) is 0.822. The Balaban J connectivity index is 2.08. The van der Waals surface area contributed by atoms with Crippen molar-refractivity contribution in [2.75, 3.05) is 20.1 Å². The lowest BCUT2D eigenvalue weighted by Crippen LogP contribution is -2.33. The fourth-order valence-corrected chi connectivity index (χ4v) is 2.65. The summed E-state index contributed by atoms with van der Waals surface area (Å²) in [5, 5.41) is 7.17. The number of likely N-dealkylation sites (N-methyl/N-ethyl adjacent to an activating group) is 1. The van der Waals surface area contributed by atoms with Gasteiger partial charge in [0.2, 0.25) is 0 Å². The van der Waals surface area contributed by atoms with E-state index in [-0.39, 0.29) is 5.91 Å². The number of rotatable bonds is 3. The molecule has 6 heteroatoms. The number of hydrogen-bond donors (Lipinski definition) is 1. The number of amides is 1. The van der Waals surface area contributed by atoms with Gasteiger partial charge >= 0.3 is 0 Å². The average molecular weight is 240 g/mol. The highest BCUT2D eigenvalue weighted by atomic mass is 32.1. The van der Waals surface area contributed by atoms with Crippen molar-refractivity contribution in [3.63, 3.8) is 0 Å². The van der Waals surface area contributed by atoms with E-state index in [4.69, 9.17) is 0 Å². The lowest BCUT2D eigenvalue weighted by atomic mass is 10.3. The molecule has 0 spiro atoms. The first-order chi connectivity index (χ1) is 7.76. The van der Waals surface area contributed by atoms with E-state index in [1.807, 2.05) is 18.9 Å². The van der Waals surface area contributed by atoms with Crippen molar-refractivity contribution in [3.05, 3.63) is 10.6 Å². The molecule has 1 aromatic rings. The van der Waals surface area contributed by atoms with Crippen molar-refractivity contribution >= 4 is 17.4 Å². The first-order valence-electron chi connectivity index (χ1n) is 5.54. The molecule has 16 heavy (non-hydrogen) atoms. The van der Waals surface area contributed by atoms with Crippen LogP contribution in [0.4, 0.5) is 0 Å². The predicted octanol–water partition coefficient (Wildman–Crippen LogP) is 0.534. The van der Waals surface area contributed by atoms with Gasteiger partial charge in [-0.3, -0.25) is 4.79 Å². The van der Waals surface area contributed by atoms with Crippen LogP contribution in [0.25, 0.3) is 0 Å². The number of nitrogens with zero attached hydrogens (tertiary/aromatic N) is 3. The van der Waals surface area contributed by atoms with Gasteiger partial charge in [-0.2, -0.15) is 0 Å². The SMILES string of the molecule is CCc1nnsc1C(=O)N1CCC(NC)C1. The molecule has 1 unspecified atom stereocenters. The summed E-state index contributed by atoms with van der Waals surface area (Å²) in [6.07, 6.45) is 1.79. The quantitative estimate of drug-likeness (QED) is 0.837. The van der Waals surface area contributed by atoms with E-state index in [1.54, 1.807) is 0 Å². The van der Waals surface area contributed by atoms with E-state index in [2.05, 4.69) is 14.9 Å². The number of hydrogen-bond acceptors (Lipinski definition) is 5. The molecule has 1 N–H and O–H groups in total. The highest BCUT2D eigenvalue weighted by Crippen LogP contribution is 2.18. The van der Waals surface area contributed by atoms with Gasteiger partial charge < -0.3 is 10.2 Å². The summed E-state index contributed by atoms with van der Waals surface area (Å²) in [7, 11) is 1.93. The Hall–Kier alpha value is -1.01. The maximum absolute atomic E-state index is 12.2. The van der Waals surface area contributed by atoms with Gasteiger partial charge in [-0.25, -0.2) is 0 Å². The third-order valence-electron chi connectivity index (χ3n) is 2.97. The van der Waals surface area contributed by atoms with Crippen LogP contribution in [-0.2, 0) is 6.42 Å². The number of aromatic nitrogens is 2. The van der Waals surface area contributed by atoms with Crippen LogP contribution < -0.4 is 5.32 Å². The molecular weight excluding hydrogens is 224 g/mol. The van der Waals surface area contributed by atoms with Crippen LogP contribution >= 0.6 is 11.5 Å². The van der Waals surface area contributed by atoms with Crippen LogP contribution in [-0.4, -0.2) is 46.6 Å². The van der Waals surface area contributed by atoms with Crippen LogP contribution in [0.5, 0.6) is 0 Å². The van der Waals surface area contributed by atoms with Gasteiger partial charge in [0.25, 0.3) is 5.91 Å². The van der Waals surface area contributed by atoms with Gasteiger partial charge in [-0.15, -0.1) is 5.10 Å². The Labute approximate surface area is 99.0 Å². The number of aryl methyl sites for hydroxylation is 1. The van der Waals surface area contributed by atoms with E-state index < -0.39 is 0 Å². The largest absolute Gasteiger partial charge is 0.336 e. The first-order valence-corrected chi connectivity index (χ1v) is 6.31. The standard InChI is InChI=1S/C10H16N4OS/c1-3-8-9(16-13-12-8)10(15)14-5-4-7(6-14)11-2/h7,11H,3-6H2,1-2H3. The minimum absolute atomic E-state index is 0.0876. The minimum Gasteiger partial charge on any atom is -0.336 e. The van der Waals surface area contributed by atoms with E-state index >= 15 is 0 Å². The Morgan fingerprint density at radius 1 is 1.69 bits per heavy atom. The Kier molecular flexibility index (Phi) is 3.50. The van der Waals surface area contributed by atoms with Crippen LogP contribution in [0.15, 0.2) is 0 Å². The van der Waals surface area contributed by atoms with Gasteiger partial charge in [-0.05, 0) is 31.4 Å². The second-order valence-electron chi connectivity index (χ2n) is 3.93. The van der Waals surface area contributed by atoms with Crippen molar-refractivity contribution < 1.29 is 4.79 Å². The highest BCUT2D eigenvalue weighted by Gasteiger charge is 2.28. The minimum atomic E-state index is 0.0876. The van der Waals surface area contributed by atoms with Crippen molar-refractivity contribution in [1.82, 2.24) is 19.8 Å². The van der Waals surface area contributed by atoms with E-state index in [0.29, 0.717) is 10.9 Å². The number of carbonyl (C=O) groups excluding carboxylic acids is 1. The molecule has 5 nitrogen and oxygen atoms in total. The summed E-state index contributed by atoms with van der Waals surface area (Å²) in [6.45, 7) is 3.61. The van der Waals surface area contributed by atoms with Crippen LogP contribution in [0.3, 0.4) is 0 Å². The zero-order chi connectivity index (χ0) is 11.5. The monoisotopic (exact) mass is 240 g/mol. The van der Waals surface area contributed by atoms with Crippen molar-refractivity contribution in [1.29, 1.82) is 0 Å². The second kappa shape index (κ2) is 4.88. The first kappa shape index (κ1) is 11.5. The molecule has 88 valence electrons. The third kappa shape index (κ3) is 2.08. The third-order valence-corrected chi connectivity index (χ3v) is 3.72. The zero-order valence-electron chi connectivity index (χ0n) is 9.56. The zero-order valence-corrected chi connectivity index (χ0v) is 10.4. The Morgan fingerprint density at radius 2 is 2.50 bits per heavy atom. The van der Waals surface area contributed by atoms with Crippen LogP contribution in [0.2, 0.25) is 0 Å². The maximum Gasteiger partial charge on any atom is 0.267 e. The number of likely N-dealkylation sites (tertiary alicyclic amines) is 1. The van der Waals surface area contributed by atoms with Crippen molar-refractivity contribution in [3.8, 4) is 0 Å². The fraction of sp³-hybridized carbons (Fsp3) is 0.700. The van der Waals surface area contributed by atoms with Crippen LogP contribution in [0, 0.1) is 0 Å². The molecule has 1 aliphatic rings. The normalized spacial score (nSPS) is 20.4. The topological polar surface area (TPSA) is 58.1 Å². The molecule has 2 rings (SSSR count). The van der Waals surface area contributed by atoms with Gasteiger partial charge in [0.05, 0.1) is 5.69 Å². The van der Waals surface area contributed by atoms with E-state index in [1.165, 1.54) is 11.5 Å². The maximum atomic E-state index is 12.2. The summed E-state index contributed by atoms with van der Waals surface area (Å²) in [4.78, 5) is 14.8. The predicted molar refractivity (Wildman–Crippen MR) is 62.7 cm³/mol. The van der Waals surface area contributed by atoms with E-state index in [0.717, 1.165) is 31.6 Å². The molecule has 0 aliphatic carbocycles. The Bertz CT molecular complexity index is 379. The van der Waals surface area contributed by atoms with Gasteiger partial charge in [0.15, 0.2) is 0 Å². The second-order valence-corrected chi connectivity index (χ2v) is 4.68. The smallest absolute Gasteiger partial charge is 0.267 e. The lowest BCUT2D eigenvalue weighted by molar-refractivity contribution is 0.0793.